The van der Waals surface area contributed by atoms with E-state index in [0.717, 1.165) is 32.9 Å². The summed E-state index contributed by atoms with van der Waals surface area (Å²) in [4.78, 5) is 22.7. The SMILES string of the molecule is COc1cccc(CNC(=O)c2cc(-c3ccncc3)c(-c3ccncc3)s2)c1. The first-order chi connectivity index (χ1) is 14.2. The molecule has 0 aliphatic heterocycles. The van der Waals surface area contributed by atoms with Gasteiger partial charge in [0.15, 0.2) is 0 Å². The number of amides is 1. The second-order valence-electron chi connectivity index (χ2n) is 6.36. The molecule has 4 rings (SSSR count). The Kier molecular flexibility index (Phi) is 5.63. The van der Waals surface area contributed by atoms with E-state index in [-0.39, 0.29) is 5.91 Å². The second kappa shape index (κ2) is 8.67. The second-order valence-corrected chi connectivity index (χ2v) is 7.41. The summed E-state index contributed by atoms with van der Waals surface area (Å²) in [6.45, 7) is 0.434. The van der Waals surface area contributed by atoms with Gasteiger partial charge in [0.2, 0.25) is 0 Å². The highest BCUT2D eigenvalue weighted by Gasteiger charge is 2.17. The van der Waals surface area contributed by atoms with E-state index in [2.05, 4.69) is 15.3 Å². The van der Waals surface area contributed by atoms with Gasteiger partial charge in [-0.15, -0.1) is 11.3 Å². The average molecular weight is 401 g/mol. The molecular weight excluding hydrogens is 382 g/mol. The third-order valence-electron chi connectivity index (χ3n) is 4.48. The van der Waals surface area contributed by atoms with Gasteiger partial charge < -0.3 is 10.1 Å². The molecule has 3 heterocycles. The van der Waals surface area contributed by atoms with Crippen LogP contribution in [0.25, 0.3) is 21.6 Å². The van der Waals surface area contributed by atoms with Gasteiger partial charge in [-0.3, -0.25) is 14.8 Å². The molecule has 0 aliphatic rings. The van der Waals surface area contributed by atoms with Crippen molar-refractivity contribution < 1.29 is 9.53 Å². The molecule has 5 nitrogen and oxygen atoms in total. The number of hydrogen-bond donors (Lipinski definition) is 1. The van der Waals surface area contributed by atoms with E-state index >= 15 is 0 Å². The summed E-state index contributed by atoms with van der Waals surface area (Å²) in [6.07, 6.45) is 7.03. The Morgan fingerprint density at radius 1 is 0.966 bits per heavy atom. The Morgan fingerprint density at radius 3 is 2.34 bits per heavy atom. The van der Waals surface area contributed by atoms with Gasteiger partial charge in [-0.1, -0.05) is 12.1 Å². The lowest BCUT2D eigenvalue weighted by atomic mass is 10.0. The van der Waals surface area contributed by atoms with Gasteiger partial charge in [-0.25, -0.2) is 0 Å². The van der Waals surface area contributed by atoms with Crippen molar-refractivity contribution in [2.24, 2.45) is 0 Å². The van der Waals surface area contributed by atoms with E-state index in [1.807, 2.05) is 54.6 Å². The largest absolute Gasteiger partial charge is 0.497 e. The van der Waals surface area contributed by atoms with Gasteiger partial charge in [-0.05, 0) is 59.2 Å². The van der Waals surface area contributed by atoms with Crippen LogP contribution in [0.1, 0.15) is 15.2 Å². The number of carbonyl (C=O) groups is 1. The van der Waals surface area contributed by atoms with Crippen LogP contribution >= 0.6 is 11.3 Å². The maximum Gasteiger partial charge on any atom is 0.261 e. The van der Waals surface area contributed by atoms with Crippen molar-refractivity contribution >= 4 is 17.2 Å². The average Bonchev–Trinajstić information content (AvgIpc) is 3.24. The number of pyridine rings is 2. The lowest BCUT2D eigenvalue weighted by Gasteiger charge is -2.06. The summed E-state index contributed by atoms with van der Waals surface area (Å²) in [5.74, 6) is 0.668. The highest BCUT2D eigenvalue weighted by atomic mass is 32.1. The highest BCUT2D eigenvalue weighted by molar-refractivity contribution is 7.18. The standard InChI is InChI=1S/C23H19N3O2S/c1-28-19-4-2-3-16(13-19)15-26-23(27)21-14-20(17-5-9-24-10-6-17)22(29-21)18-7-11-25-12-8-18/h2-14H,15H2,1H3,(H,26,27). The Morgan fingerprint density at radius 2 is 1.66 bits per heavy atom. The monoisotopic (exact) mass is 401 g/mol. The van der Waals surface area contributed by atoms with Gasteiger partial charge in [0.1, 0.15) is 5.75 Å². The molecule has 1 amide bonds. The van der Waals surface area contributed by atoms with Crippen LogP contribution in [0.4, 0.5) is 0 Å². The first-order valence-electron chi connectivity index (χ1n) is 9.10. The van der Waals surface area contributed by atoms with Crippen LogP contribution in [-0.2, 0) is 6.54 Å². The van der Waals surface area contributed by atoms with Crippen molar-refractivity contribution in [2.45, 2.75) is 6.54 Å². The van der Waals surface area contributed by atoms with Crippen LogP contribution in [0.3, 0.4) is 0 Å². The predicted octanol–water partition coefficient (Wildman–Crippen LogP) is 4.81. The number of aromatic nitrogens is 2. The lowest BCUT2D eigenvalue weighted by Crippen LogP contribution is -2.21. The molecule has 0 saturated carbocycles. The summed E-state index contributed by atoms with van der Waals surface area (Å²) in [7, 11) is 1.63. The number of carbonyl (C=O) groups excluding carboxylic acids is 1. The Hall–Kier alpha value is -3.51. The third-order valence-corrected chi connectivity index (χ3v) is 5.66. The van der Waals surface area contributed by atoms with E-state index in [9.17, 15) is 4.79 Å². The van der Waals surface area contributed by atoms with Crippen LogP contribution in [0, 0.1) is 0 Å². The van der Waals surface area contributed by atoms with Gasteiger partial charge in [0.25, 0.3) is 5.91 Å². The summed E-state index contributed by atoms with van der Waals surface area (Å²) in [6, 6.07) is 17.4. The zero-order chi connectivity index (χ0) is 20.1. The zero-order valence-corrected chi connectivity index (χ0v) is 16.6. The molecule has 0 atom stereocenters. The van der Waals surface area contributed by atoms with Gasteiger partial charge >= 0.3 is 0 Å². The maximum atomic E-state index is 12.8. The number of hydrogen-bond acceptors (Lipinski definition) is 5. The van der Waals surface area contributed by atoms with Crippen LogP contribution in [0.5, 0.6) is 5.75 Å². The number of ether oxygens (including phenoxy) is 1. The van der Waals surface area contributed by atoms with Gasteiger partial charge in [0, 0.05) is 41.8 Å². The summed E-state index contributed by atoms with van der Waals surface area (Å²) in [5, 5.41) is 3.00. The minimum Gasteiger partial charge on any atom is -0.497 e. The Bertz CT molecular complexity index is 1050. The van der Waals surface area contributed by atoms with Crippen molar-refractivity contribution in [3.05, 3.63) is 89.8 Å². The van der Waals surface area contributed by atoms with E-state index in [0.29, 0.717) is 11.4 Å². The molecule has 0 unspecified atom stereocenters. The maximum absolute atomic E-state index is 12.8. The molecule has 0 saturated heterocycles. The van der Waals surface area contributed by atoms with E-state index in [1.165, 1.54) is 11.3 Å². The minimum absolute atomic E-state index is 0.103. The van der Waals surface area contributed by atoms with Crippen molar-refractivity contribution in [3.63, 3.8) is 0 Å². The molecule has 0 spiro atoms. The number of benzene rings is 1. The smallest absolute Gasteiger partial charge is 0.261 e. The van der Waals surface area contributed by atoms with Crippen LogP contribution in [0.15, 0.2) is 79.4 Å². The number of rotatable bonds is 6. The van der Waals surface area contributed by atoms with Crippen molar-refractivity contribution in [1.82, 2.24) is 15.3 Å². The number of nitrogens with one attached hydrogen (secondary N) is 1. The number of nitrogens with zero attached hydrogens (tertiary/aromatic N) is 2. The molecule has 1 N–H and O–H groups in total. The van der Waals surface area contributed by atoms with E-state index < -0.39 is 0 Å². The fraction of sp³-hybridized carbons (Fsp3) is 0.0870. The van der Waals surface area contributed by atoms with Crippen LogP contribution < -0.4 is 10.1 Å². The van der Waals surface area contributed by atoms with Crippen molar-refractivity contribution in [1.29, 1.82) is 0 Å². The predicted molar refractivity (Wildman–Crippen MR) is 115 cm³/mol. The Labute approximate surface area is 173 Å². The normalized spacial score (nSPS) is 10.5. The molecule has 0 aliphatic carbocycles. The van der Waals surface area contributed by atoms with E-state index in [1.54, 1.807) is 31.9 Å². The molecule has 6 heteroatoms. The molecule has 29 heavy (non-hydrogen) atoms. The number of thiophene rings is 1. The molecular formula is C23H19N3O2S. The first kappa shape index (κ1) is 18.8. The lowest BCUT2D eigenvalue weighted by molar-refractivity contribution is 0.0955. The molecule has 1 aromatic carbocycles. The zero-order valence-electron chi connectivity index (χ0n) is 15.8. The van der Waals surface area contributed by atoms with E-state index in [4.69, 9.17) is 4.74 Å². The fourth-order valence-electron chi connectivity index (χ4n) is 3.02. The summed E-state index contributed by atoms with van der Waals surface area (Å²) in [5.41, 5.74) is 4.05. The first-order valence-corrected chi connectivity index (χ1v) is 9.92. The molecule has 0 fully saturated rings. The molecule has 4 aromatic rings. The summed E-state index contributed by atoms with van der Waals surface area (Å²) >= 11 is 1.47. The fourth-order valence-corrected chi connectivity index (χ4v) is 4.12. The van der Waals surface area contributed by atoms with Crippen molar-refractivity contribution in [2.75, 3.05) is 7.11 Å². The molecule has 0 radical (unpaired) electrons. The molecule has 3 aromatic heterocycles. The quantitative estimate of drug-likeness (QED) is 0.504. The molecule has 0 bridgehead atoms. The van der Waals surface area contributed by atoms with Gasteiger partial charge in [0.05, 0.1) is 12.0 Å². The van der Waals surface area contributed by atoms with Crippen LogP contribution in [0.2, 0.25) is 0 Å². The third kappa shape index (κ3) is 4.33. The topological polar surface area (TPSA) is 64.1 Å². The van der Waals surface area contributed by atoms with Gasteiger partial charge in [-0.2, -0.15) is 0 Å². The Balaban J connectivity index is 1.62. The number of methoxy groups -OCH3 is 1. The summed E-state index contributed by atoms with van der Waals surface area (Å²) < 4.78 is 5.24. The highest BCUT2D eigenvalue weighted by Crippen LogP contribution is 2.39. The minimum atomic E-state index is -0.103. The molecule has 144 valence electrons. The van der Waals surface area contributed by atoms with Crippen LogP contribution in [-0.4, -0.2) is 23.0 Å². The van der Waals surface area contributed by atoms with Crippen molar-refractivity contribution in [3.8, 4) is 27.3 Å².